The molecule has 1 aromatic carbocycles. The summed E-state index contributed by atoms with van der Waals surface area (Å²) < 4.78 is 31.3. The Bertz CT molecular complexity index is 820. The van der Waals surface area contributed by atoms with Gasteiger partial charge in [0.2, 0.25) is 5.91 Å². The van der Waals surface area contributed by atoms with Crippen LogP contribution in [0.15, 0.2) is 36.7 Å². The van der Waals surface area contributed by atoms with Crippen molar-refractivity contribution in [3.05, 3.63) is 47.8 Å². The molecule has 1 fully saturated rings. The second-order valence-electron chi connectivity index (χ2n) is 7.39. The van der Waals surface area contributed by atoms with Gasteiger partial charge in [0.1, 0.15) is 11.3 Å². The number of carbonyl (C=O) groups excluding carboxylic acids is 1. The largest absolute Gasteiger partial charge is 0.435 e. The lowest BCUT2D eigenvalue weighted by Crippen LogP contribution is -2.55. The third kappa shape index (κ3) is 3.61. The molecular weight excluding hydrogens is 366 g/mol. The van der Waals surface area contributed by atoms with E-state index in [-0.39, 0.29) is 17.7 Å². The lowest BCUT2D eigenvalue weighted by atomic mass is 9.84. The van der Waals surface area contributed by atoms with Gasteiger partial charge in [0.15, 0.2) is 0 Å². The molecule has 0 radical (unpaired) electrons. The number of ether oxygens (including phenoxy) is 1. The smallest absolute Gasteiger partial charge is 0.387 e. The Labute approximate surface area is 162 Å². The molecule has 2 aliphatic rings. The van der Waals surface area contributed by atoms with Crippen molar-refractivity contribution < 1.29 is 18.3 Å². The van der Waals surface area contributed by atoms with E-state index in [1.807, 2.05) is 12.3 Å². The number of amides is 1. The molecule has 1 amide bonds. The van der Waals surface area contributed by atoms with Gasteiger partial charge in [-0.15, -0.1) is 0 Å². The lowest BCUT2D eigenvalue weighted by Gasteiger charge is -2.38. The summed E-state index contributed by atoms with van der Waals surface area (Å²) in [4.78, 5) is 13.4. The molecule has 0 spiro atoms. The van der Waals surface area contributed by atoms with Crippen LogP contribution in [-0.4, -0.2) is 35.4 Å². The normalized spacial score (nSPS) is 21.2. The fraction of sp³-hybridized carbons (Fsp3) is 0.500. The van der Waals surface area contributed by atoms with Crippen LogP contribution in [0.2, 0.25) is 0 Å². The molecule has 6 nitrogen and oxygen atoms in total. The Morgan fingerprint density at radius 3 is 2.89 bits per heavy atom. The molecule has 8 heteroatoms. The molecule has 1 unspecified atom stereocenters. The van der Waals surface area contributed by atoms with Gasteiger partial charge in [0, 0.05) is 12.4 Å². The number of hydrogen-bond acceptors (Lipinski definition) is 4. The highest BCUT2D eigenvalue weighted by atomic mass is 19.3. The molecule has 1 atom stereocenters. The third-order valence-corrected chi connectivity index (χ3v) is 5.76. The third-order valence-electron chi connectivity index (χ3n) is 5.76. The molecule has 0 saturated carbocycles. The van der Waals surface area contributed by atoms with Gasteiger partial charge in [0.05, 0.1) is 6.04 Å². The zero-order valence-corrected chi connectivity index (χ0v) is 15.5. The number of piperidine rings is 1. The van der Waals surface area contributed by atoms with Crippen molar-refractivity contribution in [1.82, 2.24) is 20.4 Å². The predicted octanol–water partition coefficient (Wildman–Crippen LogP) is 2.76. The summed E-state index contributed by atoms with van der Waals surface area (Å²) in [5.74, 6) is 0.121. The van der Waals surface area contributed by atoms with Gasteiger partial charge in [0.25, 0.3) is 0 Å². The number of fused-ring (bicyclic) bond motifs is 1. The maximum Gasteiger partial charge on any atom is 0.387 e. The molecule has 28 heavy (non-hydrogen) atoms. The molecule has 2 heterocycles. The number of halogens is 2. The summed E-state index contributed by atoms with van der Waals surface area (Å²) in [6, 6.07) is 6.69. The SMILES string of the molecule is O=C(NC1CCCc2cc(OC(F)F)ccc21)C1(n2cccn2)CCNCC1. The van der Waals surface area contributed by atoms with Crippen LogP contribution < -0.4 is 15.4 Å². The number of nitrogens with one attached hydrogen (secondary N) is 2. The van der Waals surface area contributed by atoms with Gasteiger partial charge in [-0.2, -0.15) is 13.9 Å². The van der Waals surface area contributed by atoms with Crippen molar-refractivity contribution in [3.8, 4) is 5.75 Å². The Hall–Kier alpha value is -2.48. The van der Waals surface area contributed by atoms with Gasteiger partial charge in [-0.05, 0) is 74.5 Å². The standard InChI is InChI=1S/C20H24F2N4O2/c21-19(22)28-15-5-6-16-14(13-15)3-1-4-17(16)25-18(27)20(7-10-23-11-8-20)26-12-2-9-24-26/h2,5-6,9,12-13,17,19,23H,1,3-4,7-8,10-11H2,(H,25,27). The molecular formula is C20H24F2N4O2. The number of hydrogen-bond donors (Lipinski definition) is 2. The molecule has 1 aliphatic carbocycles. The first-order valence-corrected chi connectivity index (χ1v) is 9.68. The van der Waals surface area contributed by atoms with E-state index in [0.29, 0.717) is 12.8 Å². The molecule has 1 aromatic heterocycles. The fourth-order valence-electron chi connectivity index (χ4n) is 4.33. The number of alkyl halides is 2. The number of aromatic nitrogens is 2. The van der Waals surface area contributed by atoms with Gasteiger partial charge in [-0.3, -0.25) is 9.48 Å². The highest BCUT2D eigenvalue weighted by molar-refractivity contribution is 5.85. The Balaban J connectivity index is 1.57. The van der Waals surface area contributed by atoms with Crippen LogP contribution in [0.4, 0.5) is 8.78 Å². The minimum absolute atomic E-state index is 0.0385. The maximum atomic E-state index is 13.4. The monoisotopic (exact) mass is 390 g/mol. The van der Waals surface area contributed by atoms with Crippen LogP contribution in [0, 0.1) is 0 Å². The first-order chi connectivity index (χ1) is 13.6. The Morgan fingerprint density at radius 1 is 1.36 bits per heavy atom. The lowest BCUT2D eigenvalue weighted by molar-refractivity contribution is -0.133. The van der Waals surface area contributed by atoms with Crippen molar-refractivity contribution >= 4 is 5.91 Å². The van der Waals surface area contributed by atoms with Crippen molar-refractivity contribution in [2.75, 3.05) is 13.1 Å². The average molecular weight is 390 g/mol. The van der Waals surface area contributed by atoms with E-state index in [4.69, 9.17) is 0 Å². The molecule has 2 aromatic rings. The van der Waals surface area contributed by atoms with E-state index < -0.39 is 12.2 Å². The summed E-state index contributed by atoms with van der Waals surface area (Å²) >= 11 is 0. The van der Waals surface area contributed by atoms with E-state index in [1.54, 1.807) is 29.1 Å². The summed E-state index contributed by atoms with van der Waals surface area (Å²) in [6.45, 7) is -1.34. The van der Waals surface area contributed by atoms with Gasteiger partial charge >= 0.3 is 6.61 Å². The summed E-state index contributed by atoms with van der Waals surface area (Å²) in [5.41, 5.74) is 1.23. The van der Waals surface area contributed by atoms with E-state index in [1.165, 1.54) is 0 Å². The Kier molecular flexibility index (Phi) is 5.30. The molecule has 150 valence electrons. The highest BCUT2D eigenvalue weighted by Gasteiger charge is 2.43. The van der Waals surface area contributed by atoms with Crippen LogP contribution in [-0.2, 0) is 16.8 Å². The van der Waals surface area contributed by atoms with Crippen LogP contribution in [0.1, 0.15) is 42.9 Å². The number of nitrogens with zero attached hydrogens (tertiary/aromatic N) is 2. The predicted molar refractivity (Wildman–Crippen MR) is 99.2 cm³/mol. The summed E-state index contributed by atoms with van der Waals surface area (Å²) in [6.07, 6.45) is 7.36. The molecule has 1 aliphatic heterocycles. The van der Waals surface area contributed by atoms with Gasteiger partial charge < -0.3 is 15.4 Å². The first kappa shape index (κ1) is 18.9. The highest BCUT2D eigenvalue weighted by Crippen LogP contribution is 2.34. The van der Waals surface area contributed by atoms with Crippen LogP contribution in [0.5, 0.6) is 5.75 Å². The van der Waals surface area contributed by atoms with Crippen molar-refractivity contribution in [1.29, 1.82) is 0 Å². The zero-order valence-electron chi connectivity index (χ0n) is 15.5. The quantitative estimate of drug-likeness (QED) is 0.824. The number of aryl methyl sites for hydroxylation is 1. The number of carbonyl (C=O) groups is 1. The van der Waals surface area contributed by atoms with Gasteiger partial charge in [-0.25, -0.2) is 0 Å². The topological polar surface area (TPSA) is 68.2 Å². The Morgan fingerprint density at radius 2 is 2.18 bits per heavy atom. The zero-order chi connectivity index (χ0) is 19.6. The number of benzene rings is 1. The van der Waals surface area contributed by atoms with Crippen molar-refractivity contribution in [3.63, 3.8) is 0 Å². The van der Waals surface area contributed by atoms with E-state index in [9.17, 15) is 13.6 Å². The second-order valence-corrected chi connectivity index (χ2v) is 7.39. The molecule has 0 bridgehead atoms. The second kappa shape index (κ2) is 7.87. The van der Waals surface area contributed by atoms with Crippen molar-refractivity contribution in [2.45, 2.75) is 50.3 Å². The van der Waals surface area contributed by atoms with E-state index >= 15 is 0 Å². The minimum atomic E-state index is -2.84. The average Bonchev–Trinajstić information content (AvgIpc) is 3.23. The molecule has 1 saturated heterocycles. The van der Waals surface area contributed by atoms with Crippen LogP contribution in [0.25, 0.3) is 0 Å². The van der Waals surface area contributed by atoms with Gasteiger partial charge in [-0.1, -0.05) is 6.07 Å². The van der Waals surface area contributed by atoms with E-state index in [2.05, 4.69) is 20.5 Å². The first-order valence-electron chi connectivity index (χ1n) is 9.68. The van der Waals surface area contributed by atoms with Crippen molar-refractivity contribution in [2.24, 2.45) is 0 Å². The number of rotatable bonds is 5. The summed E-state index contributed by atoms with van der Waals surface area (Å²) in [7, 11) is 0. The molecule has 4 rings (SSSR count). The van der Waals surface area contributed by atoms with E-state index in [0.717, 1.165) is 43.5 Å². The van der Waals surface area contributed by atoms with Crippen LogP contribution in [0.3, 0.4) is 0 Å². The molecule has 2 N–H and O–H groups in total. The minimum Gasteiger partial charge on any atom is -0.435 e. The maximum absolute atomic E-state index is 13.4. The summed E-state index contributed by atoms with van der Waals surface area (Å²) in [5, 5.41) is 10.9. The van der Waals surface area contributed by atoms with Crippen LogP contribution >= 0.6 is 0 Å². The fourth-order valence-corrected chi connectivity index (χ4v) is 4.33.